The number of halogens is 1. The van der Waals surface area contributed by atoms with Gasteiger partial charge in [0.2, 0.25) is 5.91 Å². The van der Waals surface area contributed by atoms with Gasteiger partial charge in [0.1, 0.15) is 4.71 Å². The normalized spacial score (nSPS) is 26.8. The molecule has 2 heterocycles. The predicted octanol–water partition coefficient (Wildman–Crippen LogP) is 2.14. The smallest absolute Gasteiger partial charge is 0.248 e. The number of hydrogen-bond acceptors (Lipinski definition) is 2. The van der Waals surface area contributed by atoms with Crippen LogP contribution in [0.5, 0.6) is 0 Å². The SMILES string of the molecule is O=C1C=CCC2=C(C=CC(Cl)S2)N1. The Labute approximate surface area is 85.7 Å². The van der Waals surface area contributed by atoms with E-state index in [1.165, 1.54) is 0 Å². The van der Waals surface area contributed by atoms with Gasteiger partial charge in [-0.05, 0) is 18.6 Å². The van der Waals surface area contributed by atoms with E-state index >= 15 is 0 Å². The Kier molecular flexibility index (Phi) is 2.47. The first-order valence-electron chi connectivity index (χ1n) is 3.95. The number of rotatable bonds is 0. The summed E-state index contributed by atoms with van der Waals surface area (Å²) in [7, 11) is 0. The van der Waals surface area contributed by atoms with Crippen LogP contribution in [0.25, 0.3) is 0 Å². The van der Waals surface area contributed by atoms with Gasteiger partial charge in [0, 0.05) is 4.91 Å². The second-order valence-corrected chi connectivity index (χ2v) is 4.73. The van der Waals surface area contributed by atoms with Gasteiger partial charge in [-0.3, -0.25) is 4.79 Å². The van der Waals surface area contributed by atoms with Crippen LogP contribution in [0.15, 0.2) is 34.9 Å². The summed E-state index contributed by atoms with van der Waals surface area (Å²) in [5.74, 6) is -0.0664. The largest absolute Gasteiger partial charge is 0.322 e. The Balaban J connectivity index is 2.27. The zero-order chi connectivity index (χ0) is 9.26. The van der Waals surface area contributed by atoms with Gasteiger partial charge in [0.25, 0.3) is 0 Å². The van der Waals surface area contributed by atoms with Crippen molar-refractivity contribution >= 4 is 29.3 Å². The van der Waals surface area contributed by atoms with Gasteiger partial charge in [-0.15, -0.1) is 23.4 Å². The molecule has 0 aliphatic carbocycles. The molecule has 1 N–H and O–H groups in total. The van der Waals surface area contributed by atoms with E-state index < -0.39 is 0 Å². The van der Waals surface area contributed by atoms with Crippen LogP contribution in [0.1, 0.15) is 6.42 Å². The molecule has 0 fully saturated rings. The number of amides is 1. The van der Waals surface area contributed by atoms with E-state index in [-0.39, 0.29) is 10.6 Å². The lowest BCUT2D eigenvalue weighted by molar-refractivity contribution is -0.115. The van der Waals surface area contributed by atoms with E-state index in [1.54, 1.807) is 17.8 Å². The van der Waals surface area contributed by atoms with Crippen molar-refractivity contribution in [2.75, 3.05) is 0 Å². The number of alkyl halides is 1. The predicted molar refractivity (Wildman–Crippen MR) is 55.3 cm³/mol. The van der Waals surface area contributed by atoms with Crippen molar-refractivity contribution in [3.63, 3.8) is 0 Å². The van der Waals surface area contributed by atoms with Gasteiger partial charge in [0.15, 0.2) is 0 Å². The van der Waals surface area contributed by atoms with Crippen molar-refractivity contribution in [1.82, 2.24) is 5.32 Å². The van der Waals surface area contributed by atoms with E-state index in [1.807, 2.05) is 18.2 Å². The van der Waals surface area contributed by atoms with Crippen LogP contribution < -0.4 is 5.32 Å². The average molecular weight is 214 g/mol. The maximum absolute atomic E-state index is 11.1. The summed E-state index contributed by atoms with van der Waals surface area (Å²) in [5.41, 5.74) is 0.886. The van der Waals surface area contributed by atoms with E-state index in [0.717, 1.165) is 17.0 Å². The molecule has 0 aromatic carbocycles. The fraction of sp³-hybridized carbons (Fsp3) is 0.222. The molecule has 0 aromatic rings. The number of carbonyl (C=O) groups is 1. The first-order valence-corrected chi connectivity index (χ1v) is 5.27. The highest BCUT2D eigenvalue weighted by Gasteiger charge is 2.17. The third kappa shape index (κ3) is 1.98. The highest BCUT2D eigenvalue weighted by Crippen LogP contribution is 2.35. The molecule has 4 heteroatoms. The lowest BCUT2D eigenvalue weighted by Crippen LogP contribution is -2.20. The summed E-state index contributed by atoms with van der Waals surface area (Å²) in [6, 6.07) is 0. The quantitative estimate of drug-likeness (QED) is 0.625. The molecule has 2 aliphatic rings. The van der Waals surface area contributed by atoms with Gasteiger partial charge in [-0.1, -0.05) is 12.2 Å². The van der Waals surface area contributed by atoms with E-state index in [9.17, 15) is 4.79 Å². The molecular formula is C9H8ClNOS. The molecule has 0 saturated heterocycles. The zero-order valence-corrected chi connectivity index (χ0v) is 8.36. The van der Waals surface area contributed by atoms with Gasteiger partial charge >= 0.3 is 0 Å². The molecule has 0 saturated carbocycles. The summed E-state index contributed by atoms with van der Waals surface area (Å²) in [4.78, 5) is 12.2. The molecule has 1 amide bonds. The minimum absolute atomic E-state index is 0.0119. The number of thioether (sulfide) groups is 1. The lowest BCUT2D eigenvalue weighted by Gasteiger charge is -2.15. The van der Waals surface area contributed by atoms with Gasteiger partial charge in [0.05, 0.1) is 5.70 Å². The van der Waals surface area contributed by atoms with Crippen LogP contribution >= 0.6 is 23.4 Å². The highest BCUT2D eigenvalue weighted by atomic mass is 35.5. The first-order chi connectivity index (χ1) is 6.25. The minimum Gasteiger partial charge on any atom is -0.322 e. The summed E-state index contributed by atoms with van der Waals surface area (Å²) in [6.07, 6.45) is 7.93. The Hall–Kier alpha value is -0.670. The number of nitrogens with one attached hydrogen (secondary N) is 1. The van der Waals surface area contributed by atoms with Crippen molar-refractivity contribution in [2.45, 2.75) is 11.1 Å². The molecule has 0 radical (unpaired) electrons. The fourth-order valence-corrected chi connectivity index (χ4v) is 2.48. The van der Waals surface area contributed by atoms with Crippen LogP contribution in [0.2, 0.25) is 0 Å². The summed E-state index contributed by atoms with van der Waals surface area (Å²) in [6.45, 7) is 0. The molecule has 0 spiro atoms. The molecular weight excluding hydrogens is 206 g/mol. The summed E-state index contributed by atoms with van der Waals surface area (Å²) < 4.78 is -0.0119. The average Bonchev–Trinajstić information content (AvgIpc) is 2.25. The zero-order valence-electron chi connectivity index (χ0n) is 6.79. The third-order valence-corrected chi connectivity index (χ3v) is 3.27. The van der Waals surface area contributed by atoms with Crippen molar-refractivity contribution in [3.8, 4) is 0 Å². The second-order valence-electron chi connectivity index (χ2n) is 2.76. The Morgan fingerprint density at radius 1 is 1.54 bits per heavy atom. The Bertz CT molecular complexity index is 333. The maximum Gasteiger partial charge on any atom is 0.248 e. The van der Waals surface area contributed by atoms with E-state index in [0.29, 0.717) is 0 Å². The van der Waals surface area contributed by atoms with Gasteiger partial charge < -0.3 is 5.32 Å². The van der Waals surface area contributed by atoms with Gasteiger partial charge in [-0.25, -0.2) is 0 Å². The van der Waals surface area contributed by atoms with Crippen LogP contribution in [0, 0.1) is 0 Å². The topological polar surface area (TPSA) is 29.1 Å². The molecule has 13 heavy (non-hydrogen) atoms. The Morgan fingerprint density at radius 3 is 3.23 bits per heavy atom. The summed E-state index contributed by atoms with van der Waals surface area (Å²) in [5, 5.41) is 2.79. The second kappa shape index (κ2) is 3.60. The maximum atomic E-state index is 11.1. The molecule has 1 atom stereocenters. The lowest BCUT2D eigenvalue weighted by atomic mass is 10.3. The van der Waals surface area contributed by atoms with Crippen LogP contribution in [-0.4, -0.2) is 10.6 Å². The molecule has 2 nitrogen and oxygen atoms in total. The van der Waals surface area contributed by atoms with E-state index in [2.05, 4.69) is 5.32 Å². The van der Waals surface area contributed by atoms with Crippen LogP contribution in [-0.2, 0) is 4.79 Å². The first kappa shape index (κ1) is 8.91. The third-order valence-electron chi connectivity index (χ3n) is 1.80. The van der Waals surface area contributed by atoms with Gasteiger partial charge in [-0.2, -0.15) is 0 Å². The monoisotopic (exact) mass is 213 g/mol. The summed E-state index contributed by atoms with van der Waals surface area (Å²) >= 11 is 7.51. The molecule has 0 aromatic heterocycles. The van der Waals surface area contributed by atoms with Crippen molar-refractivity contribution in [1.29, 1.82) is 0 Å². The van der Waals surface area contributed by atoms with Crippen LogP contribution in [0.4, 0.5) is 0 Å². The van der Waals surface area contributed by atoms with Crippen molar-refractivity contribution in [2.24, 2.45) is 0 Å². The van der Waals surface area contributed by atoms with Crippen molar-refractivity contribution in [3.05, 3.63) is 34.9 Å². The molecule has 68 valence electrons. The minimum atomic E-state index is -0.0664. The fourth-order valence-electron chi connectivity index (χ4n) is 1.22. The van der Waals surface area contributed by atoms with E-state index in [4.69, 9.17) is 11.6 Å². The Morgan fingerprint density at radius 2 is 2.38 bits per heavy atom. The standard InChI is InChI=1S/C9H8ClNOS/c10-8-5-4-6-7(13-8)2-1-3-9(12)11-6/h1,3-5,8H,2H2,(H,11,12). The highest BCUT2D eigenvalue weighted by molar-refractivity contribution is 8.05. The molecule has 1 unspecified atom stereocenters. The molecule has 0 bridgehead atoms. The van der Waals surface area contributed by atoms with Crippen LogP contribution in [0.3, 0.4) is 0 Å². The van der Waals surface area contributed by atoms with Crippen molar-refractivity contribution < 1.29 is 4.79 Å². The number of carbonyl (C=O) groups excluding carboxylic acids is 1. The molecule has 2 aliphatic heterocycles. The number of allylic oxidation sites excluding steroid dienone is 3. The molecule has 2 rings (SSSR count). The number of hydrogen-bond donors (Lipinski definition) is 1.